The molecule has 1 heteroatoms. The first-order chi connectivity index (χ1) is 6.42. The van der Waals surface area contributed by atoms with Crippen LogP contribution in [-0.2, 0) is 0 Å². The van der Waals surface area contributed by atoms with Gasteiger partial charge in [0.05, 0.1) is 11.1 Å². The van der Waals surface area contributed by atoms with Gasteiger partial charge in [-0.15, -0.1) is 0 Å². The largest absolute Gasteiger partial charge is 0.260 e. The molecule has 13 heavy (non-hydrogen) atoms. The molecule has 0 aromatic carbocycles. The summed E-state index contributed by atoms with van der Waals surface area (Å²) in [6.45, 7) is 0. The van der Waals surface area contributed by atoms with E-state index in [9.17, 15) is 0 Å². The Morgan fingerprint density at radius 3 is 3.00 bits per heavy atom. The van der Waals surface area contributed by atoms with Crippen LogP contribution in [0.2, 0.25) is 0 Å². The van der Waals surface area contributed by atoms with Gasteiger partial charge in [-0.1, -0.05) is 36.5 Å². The fraction of sp³-hybridized carbons (Fsp3) is 0.0833. The van der Waals surface area contributed by atoms with Crippen molar-refractivity contribution in [2.24, 2.45) is 10.4 Å². The van der Waals surface area contributed by atoms with Gasteiger partial charge in [0.25, 0.3) is 0 Å². The molecule has 0 amide bonds. The minimum Gasteiger partial charge on any atom is -0.260 e. The second-order valence-electron chi connectivity index (χ2n) is 3.40. The number of hydrogen-bond acceptors (Lipinski definition) is 1. The Labute approximate surface area is 77.2 Å². The van der Waals surface area contributed by atoms with E-state index < -0.39 is 0 Å². The Kier molecular flexibility index (Phi) is 1.15. The number of allylic oxidation sites excluding steroid dienone is 9. The summed E-state index contributed by atoms with van der Waals surface area (Å²) in [4.78, 5) is 4.36. The number of aliphatic imine (C=N–C) groups is 1. The maximum atomic E-state index is 4.36. The highest BCUT2D eigenvalue weighted by Gasteiger charge is 2.36. The molecule has 1 atom stereocenters. The monoisotopic (exact) mass is 167 g/mol. The lowest BCUT2D eigenvalue weighted by Crippen LogP contribution is -2.27. The molecule has 0 saturated heterocycles. The molecular weight excluding hydrogens is 158 g/mol. The molecule has 2 aliphatic carbocycles. The van der Waals surface area contributed by atoms with Crippen molar-refractivity contribution in [3.05, 3.63) is 60.4 Å². The van der Waals surface area contributed by atoms with E-state index >= 15 is 0 Å². The predicted molar refractivity (Wildman–Crippen MR) is 54.5 cm³/mol. The van der Waals surface area contributed by atoms with Crippen molar-refractivity contribution < 1.29 is 0 Å². The average Bonchev–Trinajstić information content (AvgIpc) is 2.58. The summed E-state index contributed by atoms with van der Waals surface area (Å²) in [7, 11) is 0. The van der Waals surface area contributed by atoms with Crippen molar-refractivity contribution in [3.8, 4) is 0 Å². The van der Waals surface area contributed by atoms with Gasteiger partial charge >= 0.3 is 0 Å². The molecule has 1 unspecified atom stereocenters. The van der Waals surface area contributed by atoms with Gasteiger partial charge in [-0.2, -0.15) is 0 Å². The lowest BCUT2D eigenvalue weighted by atomic mass is 9.72. The molecular formula is C12H9N. The van der Waals surface area contributed by atoms with Crippen molar-refractivity contribution in [2.45, 2.75) is 0 Å². The Bertz CT molecular complexity index is 430. The molecule has 0 radical (unpaired) electrons. The van der Waals surface area contributed by atoms with E-state index in [-0.39, 0.29) is 5.41 Å². The van der Waals surface area contributed by atoms with Crippen molar-refractivity contribution in [1.29, 1.82) is 0 Å². The van der Waals surface area contributed by atoms with Gasteiger partial charge in [0.15, 0.2) is 0 Å². The number of nitrogens with zero attached hydrogens (tertiary/aromatic N) is 1. The highest BCUT2D eigenvalue weighted by Crippen LogP contribution is 2.41. The second kappa shape index (κ2) is 2.19. The van der Waals surface area contributed by atoms with Gasteiger partial charge in [0.1, 0.15) is 0 Å². The van der Waals surface area contributed by atoms with E-state index in [1.807, 2.05) is 6.20 Å². The molecule has 0 aromatic heterocycles. The van der Waals surface area contributed by atoms with Gasteiger partial charge in [-0.25, -0.2) is 0 Å². The zero-order chi connectivity index (χ0) is 8.73. The van der Waals surface area contributed by atoms with Crippen LogP contribution < -0.4 is 0 Å². The van der Waals surface area contributed by atoms with Gasteiger partial charge in [-0.05, 0) is 17.7 Å². The molecule has 62 valence electrons. The molecule has 0 N–H and O–H groups in total. The van der Waals surface area contributed by atoms with Crippen LogP contribution in [0, 0.1) is 5.41 Å². The van der Waals surface area contributed by atoms with E-state index in [1.165, 1.54) is 5.57 Å². The molecule has 0 fully saturated rings. The van der Waals surface area contributed by atoms with Crippen LogP contribution in [0.25, 0.3) is 0 Å². The summed E-state index contributed by atoms with van der Waals surface area (Å²) in [6, 6.07) is 0. The molecule has 0 saturated carbocycles. The molecule has 3 aliphatic rings. The molecule has 1 aliphatic heterocycles. The molecule has 1 nitrogen and oxygen atoms in total. The Morgan fingerprint density at radius 2 is 2.00 bits per heavy atom. The predicted octanol–water partition coefficient (Wildman–Crippen LogP) is 2.56. The maximum Gasteiger partial charge on any atom is 0.0756 e. The topological polar surface area (TPSA) is 12.4 Å². The Morgan fingerprint density at radius 1 is 1.00 bits per heavy atom. The van der Waals surface area contributed by atoms with Crippen LogP contribution in [0.1, 0.15) is 0 Å². The third-order valence-electron chi connectivity index (χ3n) is 2.73. The third kappa shape index (κ3) is 0.738. The zero-order valence-electron chi connectivity index (χ0n) is 7.14. The van der Waals surface area contributed by atoms with Gasteiger partial charge in [-0.3, -0.25) is 4.99 Å². The first-order valence-electron chi connectivity index (χ1n) is 4.43. The molecule has 3 rings (SSSR count). The minimum atomic E-state index is -0.0382. The molecule has 0 bridgehead atoms. The van der Waals surface area contributed by atoms with E-state index in [0.29, 0.717) is 0 Å². The van der Waals surface area contributed by atoms with E-state index in [1.54, 1.807) is 0 Å². The van der Waals surface area contributed by atoms with Crippen molar-refractivity contribution in [2.75, 3.05) is 0 Å². The van der Waals surface area contributed by atoms with Crippen LogP contribution in [0.3, 0.4) is 0 Å². The molecule has 1 heterocycles. The summed E-state index contributed by atoms with van der Waals surface area (Å²) in [6.07, 6.45) is 18.8. The standard InChI is InChI=1S/C12H9N/c1-2-7-12-8-9-13-11(12)6-3-5-10(12)4-1/h1-9H. The molecule has 1 spiro atoms. The normalized spacial score (nSPS) is 32.6. The van der Waals surface area contributed by atoms with Crippen molar-refractivity contribution in [3.63, 3.8) is 0 Å². The quantitative estimate of drug-likeness (QED) is 0.525. The van der Waals surface area contributed by atoms with E-state index in [2.05, 4.69) is 53.6 Å². The van der Waals surface area contributed by atoms with E-state index in [4.69, 9.17) is 0 Å². The van der Waals surface area contributed by atoms with Crippen LogP contribution in [-0.4, -0.2) is 5.71 Å². The smallest absolute Gasteiger partial charge is 0.0756 e. The highest BCUT2D eigenvalue weighted by atomic mass is 14.8. The third-order valence-corrected chi connectivity index (χ3v) is 2.73. The summed E-state index contributed by atoms with van der Waals surface area (Å²) >= 11 is 0. The average molecular weight is 167 g/mol. The lowest BCUT2D eigenvalue weighted by molar-refractivity contribution is 0.841. The fourth-order valence-corrected chi connectivity index (χ4v) is 2.03. The first kappa shape index (κ1) is 6.84. The zero-order valence-corrected chi connectivity index (χ0v) is 7.14. The van der Waals surface area contributed by atoms with Crippen molar-refractivity contribution in [1.82, 2.24) is 0 Å². The van der Waals surface area contributed by atoms with E-state index in [0.717, 1.165) is 5.71 Å². The van der Waals surface area contributed by atoms with Crippen molar-refractivity contribution >= 4 is 5.71 Å². The first-order valence-corrected chi connectivity index (χ1v) is 4.43. The lowest BCUT2D eigenvalue weighted by Gasteiger charge is -2.29. The van der Waals surface area contributed by atoms with Gasteiger partial charge in [0, 0.05) is 6.20 Å². The van der Waals surface area contributed by atoms with Crippen LogP contribution in [0.15, 0.2) is 65.4 Å². The summed E-state index contributed by atoms with van der Waals surface area (Å²) in [5, 5.41) is 0. The summed E-state index contributed by atoms with van der Waals surface area (Å²) in [5.41, 5.74) is 2.40. The summed E-state index contributed by atoms with van der Waals surface area (Å²) in [5.74, 6) is 0. The minimum absolute atomic E-state index is 0.0382. The fourth-order valence-electron chi connectivity index (χ4n) is 2.03. The van der Waals surface area contributed by atoms with Gasteiger partial charge < -0.3 is 0 Å². The van der Waals surface area contributed by atoms with Crippen LogP contribution >= 0.6 is 0 Å². The Hall–Kier alpha value is -1.63. The maximum absolute atomic E-state index is 4.36. The number of rotatable bonds is 0. The second-order valence-corrected chi connectivity index (χ2v) is 3.40. The molecule has 0 aromatic rings. The van der Waals surface area contributed by atoms with Crippen LogP contribution in [0.5, 0.6) is 0 Å². The van der Waals surface area contributed by atoms with Gasteiger partial charge in [0.2, 0.25) is 0 Å². The Balaban J connectivity index is 2.28. The SMILES string of the molecule is C1=CC2=CC=CC3=NC=CC23C=C1. The summed E-state index contributed by atoms with van der Waals surface area (Å²) < 4.78 is 0. The highest BCUT2D eigenvalue weighted by molar-refractivity contribution is 6.08. The number of hydrogen-bond donors (Lipinski definition) is 0. The van der Waals surface area contributed by atoms with Crippen LogP contribution in [0.4, 0.5) is 0 Å².